The minimum absolute atomic E-state index is 0.444. The summed E-state index contributed by atoms with van der Waals surface area (Å²) in [5, 5.41) is 7.60. The molecule has 0 bridgehead atoms. The molecule has 0 aromatic carbocycles. The first-order chi connectivity index (χ1) is 8.16. The molecule has 2 aromatic rings. The lowest BCUT2D eigenvalue weighted by Crippen LogP contribution is -2.23. The Bertz CT molecular complexity index is 479. The van der Waals surface area contributed by atoms with Crippen LogP contribution in [0.3, 0.4) is 0 Å². The summed E-state index contributed by atoms with van der Waals surface area (Å²) in [6.45, 7) is 5.03. The first-order valence-electron chi connectivity index (χ1n) is 5.54. The summed E-state index contributed by atoms with van der Waals surface area (Å²) in [6.07, 6.45) is 5.44. The Labute approximate surface area is 109 Å². The van der Waals surface area contributed by atoms with E-state index in [1.165, 1.54) is 0 Å². The SMILES string of the molecule is CC(C)NCc1cc(Br)cnc1-n1cccn1. The molecule has 0 aliphatic carbocycles. The van der Waals surface area contributed by atoms with E-state index in [1.807, 2.05) is 12.3 Å². The van der Waals surface area contributed by atoms with Crippen molar-refractivity contribution in [3.8, 4) is 5.82 Å². The van der Waals surface area contributed by atoms with Crippen LogP contribution in [0.25, 0.3) is 5.82 Å². The molecule has 2 heterocycles. The molecule has 90 valence electrons. The summed E-state index contributed by atoms with van der Waals surface area (Å²) in [4.78, 5) is 4.41. The standard InChI is InChI=1S/C12H15BrN4/c1-9(2)14-7-10-6-11(13)8-15-12(10)17-5-3-4-16-17/h3-6,8-9,14H,7H2,1-2H3. The van der Waals surface area contributed by atoms with Gasteiger partial charge in [-0.05, 0) is 28.1 Å². The fourth-order valence-electron chi connectivity index (χ4n) is 1.52. The molecule has 0 spiro atoms. The van der Waals surface area contributed by atoms with Crippen LogP contribution in [0.15, 0.2) is 35.2 Å². The van der Waals surface area contributed by atoms with Gasteiger partial charge in [-0.3, -0.25) is 0 Å². The van der Waals surface area contributed by atoms with E-state index in [4.69, 9.17) is 0 Å². The Kier molecular flexibility index (Phi) is 3.91. The van der Waals surface area contributed by atoms with Gasteiger partial charge in [-0.25, -0.2) is 9.67 Å². The summed E-state index contributed by atoms with van der Waals surface area (Å²) in [5.74, 6) is 0.867. The van der Waals surface area contributed by atoms with Crippen molar-refractivity contribution in [2.45, 2.75) is 26.4 Å². The topological polar surface area (TPSA) is 42.7 Å². The predicted octanol–water partition coefficient (Wildman–Crippen LogP) is 2.53. The molecule has 5 heteroatoms. The number of hydrogen-bond donors (Lipinski definition) is 1. The van der Waals surface area contributed by atoms with Crippen molar-refractivity contribution in [1.29, 1.82) is 0 Å². The lowest BCUT2D eigenvalue weighted by Gasteiger charge is -2.12. The first-order valence-corrected chi connectivity index (χ1v) is 6.34. The van der Waals surface area contributed by atoms with Gasteiger partial charge in [0.15, 0.2) is 5.82 Å². The number of rotatable bonds is 4. The third-order valence-corrected chi connectivity index (χ3v) is 2.77. The molecular formula is C12H15BrN4. The minimum atomic E-state index is 0.444. The van der Waals surface area contributed by atoms with E-state index in [2.05, 4.69) is 51.2 Å². The van der Waals surface area contributed by atoms with Gasteiger partial charge in [-0.2, -0.15) is 5.10 Å². The van der Waals surface area contributed by atoms with E-state index in [-0.39, 0.29) is 0 Å². The Morgan fingerprint density at radius 1 is 1.47 bits per heavy atom. The van der Waals surface area contributed by atoms with Crippen LogP contribution in [0, 0.1) is 0 Å². The van der Waals surface area contributed by atoms with Crippen LogP contribution in [0.4, 0.5) is 0 Å². The van der Waals surface area contributed by atoms with Crippen molar-refractivity contribution >= 4 is 15.9 Å². The van der Waals surface area contributed by atoms with E-state index < -0.39 is 0 Å². The van der Waals surface area contributed by atoms with Gasteiger partial charge in [-0.15, -0.1) is 0 Å². The van der Waals surface area contributed by atoms with Crippen LogP contribution in [0.1, 0.15) is 19.4 Å². The van der Waals surface area contributed by atoms with E-state index in [0.29, 0.717) is 6.04 Å². The van der Waals surface area contributed by atoms with Gasteiger partial charge in [0.25, 0.3) is 0 Å². The smallest absolute Gasteiger partial charge is 0.157 e. The maximum atomic E-state index is 4.41. The van der Waals surface area contributed by atoms with Crippen molar-refractivity contribution in [2.75, 3.05) is 0 Å². The van der Waals surface area contributed by atoms with E-state index in [9.17, 15) is 0 Å². The highest BCUT2D eigenvalue weighted by atomic mass is 79.9. The second kappa shape index (κ2) is 5.42. The molecule has 1 N–H and O–H groups in total. The summed E-state index contributed by atoms with van der Waals surface area (Å²) in [7, 11) is 0. The normalized spacial score (nSPS) is 11.1. The molecule has 2 aromatic heterocycles. The van der Waals surface area contributed by atoms with Crippen LogP contribution in [0.5, 0.6) is 0 Å². The highest BCUT2D eigenvalue weighted by Gasteiger charge is 2.07. The molecule has 0 atom stereocenters. The van der Waals surface area contributed by atoms with Gasteiger partial charge in [0.2, 0.25) is 0 Å². The molecule has 0 radical (unpaired) electrons. The minimum Gasteiger partial charge on any atom is -0.310 e. The van der Waals surface area contributed by atoms with Crippen LogP contribution in [-0.4, -0.2) is 20.8 Å². The van der Waals surface area contributed by atoms with Gasteiger partial charge in [0.1, 0.15) is 0 Å². The number of hydrogen-bond acceptors (Lipinski definition) is 3. The molecule has 0 saturated carbocycles. The van der Waals surface area contributed by atoms with Crippen LogP contribution >= 0.6 is 15.9 Å². The van der Waals surface area contributed by atoms with Gasteiger partial charge in [0, 0.05) is 41.2 Å². The molecule has 17 heavy (non-hydrogen) atoms. The highest BCUT2D eigenvalue weighted by molar-refractivity contribution is 9.10. The monoisotopic (exact) mass is 294 g/mol. The van der Waals surface area contributed by atoms with Gasteiger partial charge < -0.3 is 5.32 Å². The third kappa shape index (κ3) is 3.14. The van der Waals surface area contributed by atoms with Crippen molar-refractivity contribution in [1.82, 2.24) is 20.1 Å². The second-order valence-corrected chi connectivity index (χ2v) is 5.04. The summed E-state index contributed by atoms with van der Waals surface area (Å²) in [6, 6.07) is 4.41. The number of halogens is 1. The number of pyridine rings is 1. The van der Waals surface area contributed by atoms with Gasteiger partial charge >= 0.3 is 0 Å². The van der Waals surface area contributed by atoms with Crippen LogP contribution < -0.4 is 5.32 Å². The molecule has 4 nitrogen and oxygen atoms in total. The molecule has 0 aliphatic rings. The lowest BCUT2D eigenvalue weighted by molar-refractivity contribution is 0.584. The highest BCUT2D eigenvalue weighted by Crippen LogP contribution is 2.16. The molecule has 2 rings (SSSR count). The number of nitrogens with zero attached hydrogens (tertiary/aromatic N) is 3. The Balaban J connectivity index is 2.31. The zero-order valence-corrected chi connectivity index (χ0v) is 11.5. The predicted molar refractivity (Wildman–Crippen MR) is 71.0 cm³/mol. The molecule has 0 saturated heterocycles. The molecule has 0 fully saturated rings. The van der Waals surface area contributed by atoms with Crippen molar-refractivity contribution < 1.29 is 0 Å². The molecule has 0 unspecified atom stereocenters. The second-order valence-electron chi connectivity index (χ2n) is 4.12. The molecule has 0 aliphatic heterocycles. The molecule has 0 amide bonds. The number of nitrogens with one attached hydrogen (secondary N) is 1. The first kappa shape index (κ1) is 12.3. The maximum absolute atomic E-state index is 4.41. The van der Waals surface area contributed by atoms with E-state index >= 15 is 0 Å². The zero-order chi connectivity index (χ0) is 12.3. The van der Waals surface area contributed by atoms with Gasteiger partial charge in [0.05, 0.1) is 0 Å². The van der Waals surface area contributed by atoms with E-state index in [1.54, 1.807) is 17.1 Å². The van der Waals surface area contributed by atoms with Crippen molar-refractivity contribution in [3.63, 3.8) is 0 Å². The lowest BCUT2D eigenvalue weighted by atomic mass is 10.2. The van der Waals surface area contributed by atoms with Crippen LogP contribution in [0.2, 0.25) is 0 Å². The third-order valence-electron chi connectivity index (χ3n) is 2.33. The van der Waals surface area contributed by atoms with Crippen LogP contribution in [-0.2, 0) is 6.54 Å². The Hall–Kier alpha value is -1.20. The van der Waals surface area contributed by atoms with Crippen molar-refractivity contribution in [3.05, 3.63) is 40.8 Å². The summed E-state index contributed by atoms with van der Waals surface area (Å²) >= 11 is 3.45. The summed E-state index contributed by atoms with van der Waals surface area (Å²) in [5.41, 5.74) is 1.12. The van der Waals surface area contributed by atoms with E-state index in [0.717, 1.165) is 22.4 Å². The maximum Gasteiger partial charge on any atom is 0.157 e. The largest absolute Gasteiger partial charge is 0.310 e. The average molecular weight is 295 g/mol. The Morgan fingerprint density at radius 3 is 2.94 bits per heavy atom. The summed E-state index contributed by atoms with van der Waals surface area (Å²) < 4.78 is 2.76. The fraction of sp³-hybridized carbons (Fsp3) is 0.333. The zero-order valence-electron chi connectivity index (χ0n) is 9.89. The van der Waals surface area contributed by atoms with Gasteiger partial charge in [-0.1, -0.05) is 13.8 Å². The quantitative estimate of drug-likeness (QED) is 0.942. The Morgan fingerprint density at radius 2 is 2.29 bits per heavy atom. The molecular weight excluding hydrogens is 280 g/mol. The number of aromatic nitrogens is 3. The average Bonchev–Trinajstić information content (AvgIpc) is 2.80. The van der Waals surface area contributed by atoms with Crippen molar-refractivity contribution in [2.24, 2.45) is 0 Å². The fourth-order valence-corrected chi connectivity index (χ4v) is 1.90.